The number of anilines is 2. The molecule has 0 bridgehead atoms. The minimum Gasteiger partial charge on any atom is -0.394 e. The summed E-state index contributed by atoms with van der Waals surface area (Å²) in [7, 11) is 0. The first kappa shape index (κ1) is 12.0. The highest BCUT2D eigenvalue weighted by atomic mass is 35.5. The van der Waals surface area contributed by atoms with Gasteiger partial charge in [0.05, 0.1) is 24.5 Å². The van der Waals surface area contributed by atoms with Crippen LogP contribution in [-0.2, 0) is 0 Å². The molecule has 0 spiro atoms. The maximum atomic E-state index is 9.14. The molecule has 0 aromatic carbocycles. The Kier molecular flexibility index (Phi) is 4.11. The Morgan fingerprint density at radius 3 is 2.80 bits per heavy atom. The molecule has 1 atom stereocenters. The molecule has 15 heavy (non-hydrogen) atoms. The summed E-state index contributed by atoms with van der Waals surface area (Å²) in [6.07, 6.45) is 1.44. The molecule has 1 heterocycles. The molecule has 0 fully saturated rings. The predicted molar refractivity (Wildman–Crippen MR) is 60.8 cm³/mol. The second-order valence-electron chi connectivity index (χ2n) is 3.62. The largest absolute Gasteiger partial charge is 0.394 e. The van der Waals surface area contributed by atoms with Crippen molar-refractivity contribution < 1.29 is 5.11 Å². The SMILES string of the molecule is CC(C)C(CO)Nc1nc(Cl)ncc1N. The summed E-state index contributed by atoms with van der Waals surface area (Å²) in [6, 6.07) is -0.0988. The van der Waals surface area contributed by atoms with Gasteiger partial charge in [-0.05, 0) is 17.5 Å². The van der Waals surface area contributed by atoms with E-state index in [4.69, 9.17) is 22.4 Å². The fraction of sp³-hybridized carbons (Fsp3) is 0.556. The van der Waals surface area contributed by atoms with Crippen molar-refractivity contribution in [3.63, 3.8) is 0 Å². The molecule has 1 aromatic heterocycles. The van der Waals surface area contributed by atoms with Gasteiger partial charge in [-0.3, -0.25) is 0 Å². The molecule has 1 aromatic rings. The van der Waals surface area contributed by atoms with E-state index >= 15 is 0 Å². The highest BCUT2D eigenvalue weighted by molar-refractivity contribution is 6.28. The maximum Gasteiger partial charge on any atom is 0.224 e. The van der Waals surface area contributed by atoms with Gasteiger partial charge >= 0.3 is 0 Å². The van der Waals surface area contributed by atoms with Gasteiger partial charge in [-0.1, -0.05) is 13.8 Å². The van der Waals surface area contributed by atoms with E-state index in [1.807, 2.05) is 13.8 Å². The first-order chi connectivity index (χ1) is 7.04. The number of aliphatic hydroxyl groups excluding tert-OH is 1. The van der Waals surface area contributed by atoms with Gasteiger partial charge in [0.1, 0.15) is 0 Å². The molecule has 0 saturated heterocycles. The van der Waals surface area contributed by atoms with Gasteiger partial charge in [-0.2, -0.15) is 4.98 Å². The molecule has 84 valence electrons. The molecule has 1 unspecified atom stereocenters. The van der Waals surface area contributed by atoms with Crippen LogP contribution >= 0.6 is 11.6 Å². The highest BCUT2D eigenvalue weighted by Gasteiger charge is 2.14. The van der Waals surface area contributed by atoms with Crippen molar-refractivity contribution in [3.8, 4) is 0 Å². The van der Waals surface area contributed by atoms with Crippen molar-refractivity contribution in [2.24, 2.45) is 5.92 Å². The Balaban J connectivity index is 2.82. The van der Waals surface area contributed by atoms with Gasteiger partial charge in [0, 0.05) is 0 Å². The molecule has 1 rings (SSSR count). The minimum absolute atomic E-state index is 0.0126. The lowest BCUT2D eigenvalue weighted by Gasteiger charge is -2.21. The number of nitrogen functional groups attached to an aromatic ring is 1. The molecule has 0 radical (unpaired) electrons. The number of halogens is 1. The monoisotopic (exact) mass is 230 g/mol. The Hall–Kier alpha value is -1.07. The number of nitrogens with two attached hydrogens (primary N) is 1. The van der Waals surface area contributed by atoms with E-state index in [1.54, 1.807) is 0 Å². The fourth-order valence-corrected chi connectivity index (χ4v) is 1.22. The summed E-state index contributed by atoms with van der Waals surface area (Å²) in [5, 5.41) is 12.3. The summed E-state index contributed by atoms with van der Waals surface area (Å²) in [4.78, 5) is 7.69. The van der Waals surface area contributed by atoms with E-state index in [0.29, 0.717) is 11.5 Å². The van der Waals surface area contributed by atoms with Crippen LogP contribution in [0.15, 0.2) is 6.20 Å². The van der Waals surface area contributed by atoms with E-state index in [1.165, 1.54) is 6.20 Å². The zero-order valence-electron chi connectivity index (χ0n) is 8.74. The van der Waals surface area contributed by atoms with Crippen molar-refractivity contribution in [1.29, 1.82) is 0 Å². The first-order valence-corrected chi connectivity index (χ1v) is 5.07. The number of hydrogen-bond donors (Lipinski definition) is 3. The summed E-state index contributed by atoms with van der Waals surface area (Å²) >= 11 is 5.64. The van der Waals surface area contributed by atoms with Gasteiger partial charge in [0.15, 0.2) is 5.82 Å². The van der Waals surface area contributed by atoms with Crippen LogP contribution in [0.1, 0.15) is 13.8 Å². The smallest absolute Gasteiger partial charge is 0.224 e. The molecule has 0 aliphatic carbocycles. The van der Waals surface area contributed by atoms with Crippen molar-refractivity contribution in [1.82, 2.24) is 9.97 Å². The highest BCUT2D eigenvalue weighted by Crippen LogP contribution is 2.18. The Bertz CT molecular complexity index is 332. The summed E-state index contributed by atoms with van der Waals surface area (Å²) < 4.78 is 0. The van der Waals surface area contributed by atoms with Crippen molar-refractivity contribution in [2.75, 3.05) is 17.7 Å². The first-order valence-electron chi connectivity index (χ1n) is 4.70. The Labute approximate surface area is 93.7 Å². The molecule has 4 N–H and O–H groups in total. The molecule has 0 saturated carbocycles. The quantitative estimate of drug-likeness (QED) is 0.676. The fourth-order valence-electron chi connectivity index (χ4n) is 1.08. The third kappa shape index (κ3) is 3.21. The van der Waals surface area contributed by atoms with Gasteiger partial charge in [0.2, 0.25) is 5.28 Å². The lowest BCUT2D eigenvalue weighted by Crippen LogP contribution is -2.30. The Morgan fingerprint density at radius 1 is 1.60 bits per heavy atom. The van der Waals surface area contributed by atoms with Crippen molar-refractivity contribution in [2.45, 2.75) is 19.9 Å². The Morgan fingerprint density at radius 2 is 2.27 bits per heavy atom. The standard InChI is InChI=1S/C9H15ClN4O/c1-5(2)7(4-15)13-8-6(11)3-12-9(10)14-8/h3,5,7,15H,4,11H2,1-2H3,(H,12,13,14). The summed E-state index contributed by atoms with van der Waals surface area (Å²) in [5.41, 5.74) is 6.08. The molecule has 5 nitrogen and oxygen atoms in total. The van der Waals surface area contributed by atoms with E-state index < -0.39 is 0 Å². The van der Waals surface area contributed by atoms with Crippen LogP contribution in [0.25, 0.3) is 0 Å². The van der Waals surface area contributed by atoms with Crippen LogP contribution in [0.5, 0.6) is 0 Å². The molecular formula is C9H15ClN4O. The number of nitrogens with zero attached hydrogens (tertiary/aromatic N) is 2. The van der Waals surface area contributed by atoms with E-state index in [0.717, 1.165) is 0 Å². The number of nitrogens with one attached hydrogen (secondary N) is 1. The zero-order valence-corrected chi connectivity index (χ0v) is 9.49. The predicted octanol–water partition coefficient (Wildman–Crippen LogP) is 1.14. The van der Waals surface area contributed by atoms with Gasteiger partial charge < -0.3 is 16.2 Å². The average molecular weight is 231 g/mol. The second kappa shape index (κ2) is 5.14. The van der Waals surface area contributed by atoms with Crippen molar-refractivity contribution >= 4 is 23.1 Å². The van der Waals surface area contributed by atoms with E-state index in [-0.39, 0.29) is 23.9 Å². The average Bonchev–Trinajstić information content (AvgIpc) is 2.18. The molecular weight excluding hydrogens is 216 g/mol. The third-order valence-electron chi connectivity index (χ3n) is 2.11. The van der Waals surface area contributed by atoms with E-state index in [2.05, 4.69) is 15.3 Å². The zero-order chi connectivity index (χ0) is 11.4. The third-order valence-corrected chi connectivity index (χ3v) is 2.29. The number of rotatable bonds is 4. The number of hydrogen-bond acceptors (Lipinski definition) is 5. The van der Waals surface area contributed by atoms with Crippen LogP contribution < -0.4 is 11.1 Å². The maximum absolute atomic E-state index is 9.14. The van der Waals surface area contributed by atoms with Crippen LogP contribution in [-0.4, -0.2) is 27.7 Å². The molecule has 6 heteroatoms. The second-order valence-corrected chi connectivity index (χ2v) is 3.96. The lowest BCUT2D eigenvalue weighted by atomic mass is 10.1. The van der Waals surface area contributed by atoms with E-state index in [9.17, 15) is 0 Å². The van der Waals surface area contributed by atoms with Gasteiger partial charge in [0.25, 0.3) is 0 Å². The van der Waals surface area contributed by atoms with Crippen LogP contribution in [0.2, 0.25) is 5.28 Å². The topological polar surface area (TPSA) is 84.1 Å². The lowest BCUT2D eigenvalue weighted by molar-refractivity contribution is 0.249. The van der Waals surface area contributed by atoms with Gasteiger partial charge in [-0.25, -0.2) is 4.98 Å². The minimum atomic E-state index is -0.0988. The number of aliphatic hydroxyl groups is 1. The van der Waals surface area contributed by atoms with Crippen LogP contribution in [0, 0.1) is 5.92 Å². The normalized spacial score (nSPS) is 12.9. The van der Waals surface area contributed by atoms with Crippen LogP contribution in [0.3, 0.4) is 0 Å². The van der Waals surface area contributed by atoms with Crippen LogP contribution in [0.4, 0.5) is 11.5 Å². The molecule has 0 aliphatic heterocycles. The summed E-state index contributed by atoms with van der Waals surface area (Å²) in [6.45, 7) is 4.00. The molecule has 0 amide bonds. The summed E-state index contributed by atoms with van der Waals surface area (Å²) in [5.74, 6) is 0.728. The van der Waals surface area contributed by atoms with Crippen molar-refractivity contribution in [3.05, 3.63) is 11.5 Å². The molecule has 0 aliphatic rings. The van der Waals surface area contributed by atoms with Gasteiger partial charge in [-0.15, -0.1) is 0 Å². The number of aromatic nitrogens is 2.